The van der Waals surface area contributed by atoms with Crippen molar-refractivity contribution in [2.24, 2.45) is 0 Å². The van der Waals surface area contributed by atoms with E-state index in [4.69, 9.17) is 4.74 Å². The van der Waals surface area contributed by atoms with E-state index in [0.29, 0.717) is 12.2 Å². The van der Waals surface area contributed by atoms with Crippen LogP contribution < -0.4 is 0 Å². The second-order valence-electron chi connectivity index (χ2n) is 6.48. The van der Waals surface area contributed by atoms with Crippen molar-refractivity contribution in [1.29, 1.82) is 0 Å². The van der Waals surface area contributed by atoms with Gasteiger partial charge in [0.15, 0.2) is 0 Å². The van der Waals surface area contributed by atoms with Gasteiger partial charge >= 0.3 is 5.97 Å². The summed E-state index contributed by atoms with van der Waals surface area (Å²) in [4.78, 5) is 22.1. The summed E-state index contributed by atoms with van der Waals surface area (Å²) in [7, 11) is 0. The lowest BCUT2D eigenvalue weighted by molar-refractivity contribution is 0.0463. The third-order valence-corrected chi connectivity index (χ3v) is 5.04. The number of cyclic esters (lactones) is 1. The van der Waals surface area contributed by atoms with E-state index in [0.717, 1.165) is 42.4 Å². The molecule has 0 saturated carbocycles. The number of carbonyl (C=O) groups excluding carboxylic acids is 1. The third-order valence-electron chi connectivity index (χ3n) is 5.04. The van der Waals surface area contributed by atoms with Crippen molar-refractivity contribution < 1.29 is 9.53 Å². The zero-order valence-corrected chi connectivity index (χ0v) is 13.2. The number of hydrogen-bond acceptors (Lipinski definition) is 4. The topological polar surface area (TPSA) is 58.2 Å². The van der Waals surface area contributed by atoms with Crippen LogP contribution in [0, 0.1) is 0 Å². The molecule has 0 amide bonds. The Morgan fingerprint density at radius 3 is 3.17 bits per heavy atom. The SMILES string of the molecule is O=C1OCc2ccc(CN3CCc4nc[nH]c4C3)c3cccc1c23. The highest BCUT2D eigenvalue weighted by Gasteiger charge is 2.23. The van der Waals surface area contributed by atoms with Crippen LogP contribution in [0.4, 0.5) is 0 Å². The van der Waals surface area contributed by atoms with E-state index in [-0.39, 0.29) is 5.97 Å². The van der Waals surface area contributed by atoms with Gasteiger partial charge < -0.3 is 9.72 Å². The van der Waals surface area contributed by atoms with Crippen molar-refractivity contribution in [3.8, 4) is 0 Å². The lowest BCUT2D eigenvalue weighted by Crippen LogP contribution is -2.30. The highest BCUT2D eigenvalue weighted by Crippen LogP contribution is 2.32. The Balaban J connectivity index is 1.54. The molecule has 1 N–H and O–H groups in total. The van der Waals surface area contributed by atoms with Crippen LogP contribution in [0.5, 0.6) is 0 Å². The molecule has 0 aliphatic carbocycles. The zero-order valence-electron chi connectivity index (χ0n) is 13.2. The van der Waals surface area contributed by atoms with Gasteiger partial charge in [-0.05, 0) is 22.6 Å². The van der Waals surface area contributed by atoms with E-state index < -0.39 is 0 Å². The molecular weight excluding hydrogens is 302 g/mol. The molecule has 24 heavy (non-hydrogen) atoms. The minimum absolute atomic E-state index is 0.217. The summed E-state index contributed by atoms with van der Waals surface area (Å²) < 4.78 is 5.25. The number of nitrogens with one attached hydrogen (secondary N) is 1. The minimum atomic E-state index is -0.217. The lowest BCUT2D eigenvalue weighted by Gasteiger charge is -2.27. The average Bonchev–Trinajstić information content (AvgIpc) is 3.07. The molecule has 0 radical (unpaired) electrons. The molecule has 0 unspecified atom stereocenters. The average molecular weight is 319 g/mol. The second-order valence-corrected chi connectivity index (χ2v) is 6.48. The van der Waals surface area contributed by atoms with Gasteiger partial charge in [-0.2, -0.15) is 0 Å². The summed E-state index contributed by atoms with van der Waals surface area (Å²) in [5.74, 6) is -0.217. The molecule has 5 rings (SSSR count). The number of imidazole rings is 1. The van der Waals surface area contributed by atoms with Crippen molar-refractivity contribution >= 4 is 16.7 Å². The molecule has 2 aliphatic rings. The predicted molar refractivity (Wildman–Crippen MR) is 89.5 cm³/mol. The summed E-state index contributed by atoms with van der Waals surface area (Å²) in [6, 6.07) is 10.2. The van der Waals surface area contributed by atoms with Crippen LogP contribution in [-0.2, 0) is 30.9 Å². The molecule has 3 aromatic rings. The molecule has 2 aliphatic heterocycles. The van der Waals surface area contributed by atoms with Crippen LogP contribution in [0.15, 0.2) is 36.7 Å². The smallest absolute Gasteiger partial charge is 0.339 e. The van der Waals surface area contributed by atoms with Crippen LogP contribution in [0.1, 0.15) is 32.9 Å². The Bertz CT molecular complexity index is 960. The van der Waals surface area contributed by atoms with Crippen LogP contribution >= 0.6 is 0 Å². The first-order valence-electron chi connectivity index (χ1n) is 8.24. The number of fused-ring (bicyclic) bond motifs is 1. The second kappa shape index (κ2) is 5.18. The lowest BCUT2D eigenvalue weighted by atomic mass is 9.94. The van der Waals surface area contributed by atoms with Gasteiger partial charge in [0.05, 0.1) is 23.3 Å². The zero-order chi connectivity index (χ0) is 16.1. The van der Waals surface area contributed by atoms with E-state index in [1.54, 1.807) is 6.33 Å². The summed E-state index contributed by atoms with van der Waals surface area (Å²) in [6.07, 6.45) is 2.76. The van der Waals surface area contributed by atoms with Crippen molar-refractivity contribution in [3.05, 3.63) is 64.7 Å². The van der Waals surface area contributed by atoms with Gasteiger partial charge in [-0.3, -0.25) is 4.90 Å². The summed E-state index contributed by atoms with van der Waals surface area (Å²) in [5.41, 5.74) is 5.44. The first-order chi connectivity index (χ1) is 11.8. The fraction of sp³-hybridized carbons (Fsp3) is 0.263. The molecular formula is C19H17N3O2. The molecule has 0 bridgehead atoms. The molecule has 1 aromatic heterocycles. The van der Waals surface area contributed by atoms with Gasteiger partial charge in [-0.15, -0.1) is 0 Å². The highest BCUT2D eigenvalue weighted by molar-refractivity contribution is 6.08. The molecule has 120 valence electrons. The van der Waals surface area contributed by atoms with E-state index in [2.05, 4.69) is 33.1 Å². The van der Waals surface area contributed by atoms with Crippen LogP contribution in [0.25, 0.3) is 10.8 Å². The van der Waals surface area contributed by atoms with Crippen LogP contribution in [0.3, 0.4) is 0 Å². The van der Waals surface area contributed by atoms with Gasteiger partial charge in [0.2, 0.25) is 0 Å². The van der Waals surface area contributed by atoms with E-state index >= 15 is 0 Å². The van der Waals surface area contributed by atoms with Crippen LogP contribution in [0.2, 0.25) is 0 Å². The number of hydrogen-bond donors (Lipinski definition) is 1. The van der Waals surface area contributed by atoms with Gasteiger partial charge in [0.1, 0.15) is 6.61 Å². The Hall–Kier alpha value is -2.66. The van der Waals surface area contributed by atoms with Gasteiger partial charge in [-0.25, -0.2) is 9.78 Å². The molecule has 3 heterocycles. The summed E-state index contributed by atoms with van der Waals surface area (Å²) >= 11 is 0. The Kier molecular flexibility index (Phi) is 2.97. The minimum Gasteiger partial charge on any atom is -0.457 e. The van der Waals surface area contributed by atoms with Gasteiger partial charge in [-0.1, -0.05) is 24.3 Å². The Morgan fingerprint density at radius 2 is 2.21 bits per heavy atom. The molecule has 0 atom stereocenters. The number of esters is 1. The van der Waals surface area contributed by atoms with E-state index in [9.17, 15) is 4.79 Å². The maximum atomic E-state index is 12.0. The number of nitrogens with zero attached hydrogens (tertiary/aromatic N) is 2. The standard InChI is InChI=1S/C19H17N3O2/c23-19-15-3-1-2-14-12(4-5-13(10-24-19)18(14)15)8-22-7-6-16-17(9-22)21-11-20-16/h1-5,11H,6-10H2,(H,20,21). The van der Waals surface area contributed by atoms with Gasteiger partial charge in [0.25, 0.3) is 0 Å². The number of aromatic amines is 1. The fourth-order valence-electron chi connectivity index (χ4n) is 3.83. The fourth-order valence-corrected chi connectivity index (χ4v) is 3.83. The first-order valence-corrected chi connectivity index (χ1v) is 8.24. The summed E-state index contributed by atoms with van der Waals surface area (Å²) in [5, 5.41) is 2.22. The van der Waals surface area contributed by atoms with E-state index in [1.165, 1.54) is 17.0 Å². The van der Waals surface area contributed by atoms with Crippen molar-refractivity contribution in [2.75, 3.05) is 6.54 Å². The monoisotopic (exact) mass is 319 g/mol. The molecule has 2 aromatic carbocycles. The quantitative estimate of drug-likeness (QED) is 0.738. The number of ether oxygens (including phenoxy) is 1. The van der Waals surface area contributed by atoms with Crippen molar-refractivity contribution in [3.63, 3.8) is 0 Å². The van der Waals surface area contributed by atoms with Crippen molar-refractivity contribution in [1.82, 2.24) is 14.9 Å². The van der Waals surface area contributed by atoms with E-state index in [1.807, 2.05) is 12.1 Å². The van der Waals surface area contributed by atoms with Crippen molar-refractivity contribution in [2.45, 2.75) is 26.1 Å². The summed E-state index contributed by atoms with van der Waals surface area (Å²) in [6.45, 7) is 3.13. The predicted octanol–water partition coefficient (Wildman–Crippen LogP) is 2.79. The number of carbonyl (C=O) groups is 1. The molecule has 0 fully saturated rings. The van der Waals surface area contributed by atoms with Gasteiger partial charge in [0, 0.05) is 31.4 Å². The first kappa shape index (κ1) is 13.7. The number of H-pyrrole nitrogens is 1. The maximum Gasteiger partial charge on any atom is 0.339 e. The highest BCUT2D eigenvalue weighted by atomic mass is 16.5. The molecule has 5 heteroatoms. The Morgan fingerprint density at radius 1 is 1.25 bits per heavy atom. The Labute approximate surface area is 139 Å². The number of aromatic nitrogens is 2. The largest absolute Gasteiger partial charge is 0.457 e. The third kappa shape index (κ3) is 2.05. The van der Waals surface area contributed by atoms with Crippen LogP contribution in [-0.4, -0.2) is 27.4 Å². The maximum absolute atomic E-state index is 12.0. The molecule has 0 saturated heterocycles. The number of benzene rings is 2. The molecule has 5 nitrogen and oxygen atoms in total. The normalized spacial score (nSPS) is 16.9. The number of rotatable bonds is 2. The molecule has 0 spiro atoms.